The largest absolute Gasteiger partial charge is 0.470 e. The highest BCUT2D eigenvalue weighted by Gasteiger charge is 2.34. The first kappa shape index (κ1) is 18.1. The van der Waals surface area contributed by atoms with Crippen LogP contribution in [-0.2, 0) is 14.8 Å². The second-order valence-corrected chi connectivity index (χ2v) is 8.30. The van der Waals surface area contributed by atoms with E-state index in [4.69, 9.17) is 9.47 Å². The number of rotatable bonds is 5. The summed E-state index contributed by atoms with van der Waals surface area (Å²) in [5.41, 5.74) is 0. The van der Waals surface area contributed by atoms with Gasteiger partial charge in [0.1, 0.15) is 11.0 Å². The summed E-state index contributed by atoms with van der Waals surface area (Å²) < 4.78 is 38.3. The Morgan fingerprint density at radius 3 is 2.70 bits per heavy atom. The quantitative estimate of drug-likeness (QED) is 0.729. The summed E-state index contributed by atoms with van der Waals surface area (Å²) in [6, 6.07) is 3.17. The van der Waals surface area contributed by atoms with Gasteiger partial charge in [0.15, 0.2) is 5.82 Å². The Morgan fingerprint density at radius 2 is 1.93 bits per heavy atom. The number of pyridine rings is 1. The maximum Gasteiger partial charge on any atom is 0.257 e. The van der Waals surface area contributed by atoms with Gasteiger partial charge in [-0.05, 0) is 18.6 Å². The molecule has 0 aromatic carbocycles. The predicted molar refractivity (Wildman–Crippen MR) is 97.1 cm³/mol. The van der Waals surface area contributed by atoms with Gasteiger partial charge in [-0.25, -0.2) is 18.4 Å². The van der Waals surface area contributed by atoms with Crippen LogP contribution >= 0.6 is 0 Å². The standard InChI is InChI=1S/C17H21N5O4S/c23-27(24,15-2-1-4-18-12-15)22-7-3-14(13-22)26-17-16(19-5-6-20-17)21-8-10-25-11-9-21/h1-2,4-6,12,14H,3,7-11,13H2. The average molecular weight is 391 g/mol. The van der Waals surface area contributed by atoms with Crippen molar-refractivity contribution in [2.75, 3.05) is 44.3 Å². The Balaban J connectivity index is 1.46. The smallest absolute Gasteiger partial charge is 0.257 e. The molecule has 4 rings (SSSR count). The third-order valence-corrected chi connectivity index (χ3v) is 6.46. The van der Waals surface area contributed by atoms with E-state index in [2.05, 4.69) is 19.9 Å². The molecule has 0 aliphatic carbocycles. The predicted octanol–water partition coefficient (Wildman–Crippen LogP) is 0.550. The highest BCUT2D eigenvalue weighted by atomic mass is 32.2. The summed E-state index contributed by atoms with van der Waals surface area (Å²) in [4.78, 5) is 14.9. The molecule has 144 valence electrons. The van der Waals surface area contributed by atoms with Gasteiger partial charge in [-0.2, -0.15) is 4.31 Å². The molecule has 0 bridgehead atoms. The van der Waals surface area contributed by atoms with Crippen LogP contribution in [0.1, 0.15) is 6.42 Å². The zero-order valence-electron chi connectivity index (χ0n) is 14.8. The molecule has 1 atom stereocenters. The first-order chi connectivity index (χ1) is 13.1. The second kappa shape index (κ2) is 7.75. The van der Waals surface area contributed by atoms with Crippen LogP contribution in [0.25, 0.3) is 0 Å². The zero-order chi connectivity index (χ0) is 18.7. The van der Waals surface area contributed by atoms with E-state index in [0.29, 0.717) is 37.9 Å². The summed E-state index contributed by atoms with van der Waals surface area (Å²) >= 11 is 0. The van der Waals surface area contributed by atoms with Crippen LogP contribution in [0.5, 0.6) is 5.88 Å². The maximum atomic E-state index is 12.7. The van der Waals surface area contributed by atoms with Crippen molar-refractivity contribution in [3.8, 4) is 5.88 Å². The Kier molecular flexibility index (Phi) is 5.19. The second-order valence-electron chi connectivity index (χ2n) is 6.36. The SMILES string of the molecule is O=S(=O)(c1cccnc1)N1CCC(Oc2nccnc2N2CCOCC2)C1. The number of anilines is 1. The van der Waals surface area contributed by atoms with E-state index in [0.717, 1.165) is 13.1 Å². The van der Waals surface area contributed by atoms with E-state index >= 15 is 0 Å². The highest BCUT2D eigenvalue weighted by Crippen LogP contribution is 2.28. The number of morpholine rings is 1. The number of hydrogen-bond acceptors (Lipinski definition) is 8. The van der Waals surface area contributed by atoms with E-state index < -0.39 is 10.0 Å². The minimum Gasteiger partial charge on any atom is -0.470 e. The van der Waals surface area contributed by atoms with Gasteiger partial charge in [-0.3, -0.25) is 4.98 Å². The van der Waals surface area contributed by atoms with Crippen LogP contribution in [0.15, 0.2) is 41.8 Å². The van der Waals surface area contributed by atoms with Crippen molar-refractivity contribution in [3.63, 3.8) is 0 Å². The average Bonchev–Trinajstić information content (AvgIpc) is 3.19. The van der Waals surface area contributed by atoms with Crippen molar-refractivity contribution in [2.24, 2.45) is 0 Å². The van der Waals surface area contributed by atoms with Crippen molar-refractivity contribution in [1.29, 1.82) is 0 Å². The molecular weight excluding hydrogens is 370 g/mol. The molecule has 2 saturated heterocycles. The summed E-state index contributed by atoms with van der Waals surface area (Å²) in [5.74, 6) is 1.11. The summed E-state index contributed by atoms with van der Waals surface area (Å²) in [6.07, 6.45) is 6.45. The van der Waals surface area contributed by atoms with Crippen molar-refractivity contribution < 1.29 is 17.9 Å². The van der Waals surface area contributed by atoms with Crippen LogP contribution in [0.4, 0.5) is 5.82 Å². The minimum absolute atomic E-state index is 0.194. The summed E-state index contributed by atoms with van der Waals surface area (Å²) in [7, 11) is -3.57. The molecule has 2 aromatic rings. The third kappa shape index (κ3) is 3.87. The van der Waals surface area contributed by atoms with Crippen molar-refractivity contribution in [2.45, 2.75) is 17.4 Å². The molecule has 27 heavy (non-hydrogen) atoms. The monoisotopic (exact) mass is 391 g/mol. The topological polar surface area (TPSA) is 97.8 Å². The molecule has 2 aromatic heterocycles. The lowest BCUT2D eigenvalue weighted by Crippen LogP contribution is -2.37. The van der Waals surface area contributed by atoms with E-state index in [1.54, 1.807) is 30.7 Å². The van der Waals surface area contributed by atoms with E-state index in [-0.39, 0.29) is 17.5 Å². The fourth-order valence-electron chi connectivity index (χ4n) is 3.21. The normalized spacial score (nSPS) is 21.3. The minimum atomic E-state index is -3.57. The van der Waals surface area contributed by atoms with Gasteiger partial charge in [-0.1, -0.05) is 0 Å². The number of ether oxygens (including phenoxy) is 2. The van der Waals surface area contributed by atoms with Crippen molar-refractivity contribution >= 4 is 15.8 Å². The lowest BCUT2D eigenvalue weighted by molar-refractivity contribution is 0.121. The Labute approximate surface area is 158 Å². The molecule has 10 heteroatoms. The van der Waals surface area contributed by atoms with Crippen molar-refractivity contribution in [3.05, 3.63) is 36.9 Å². The van der Waals surface area contributed by atoms with Crippen molar-refractivity contribution in [1.82, 2.24) is 19.3 Å². The lowest BCUT2D eigenvalue weighted by Gasteiger charge is -2.29. The first-order valence-corrected chi connectivity index (χ1v) is 10.3. The summed E-state index contributed by atoms with van der Waals surface area (Å²) in [6.45, 7) is 3.39. The molecule has 0 saturated carbocycles. The van der Waals surface area contributed by atoms with Crippen LogP contribution in [0, 0.1) is 0 Å². The molecule has 0 amide bonds. The Morgan fingerprint density at radius 1 is 1.11 bits per heavy atom. The summed E-state index contributed by atoms with van der Waals surface area (Å²) in [5, 5.41) is 0. The van der Waals surface area contributed by atoms with E-state index in [9.17, 15) is 8.42 Å². The fourth-order valence-corrected chi connectivity index (χ4v) is 4.66. The van der Waals surface area contributed by atoms with E-state index in [1.165, 1.54) is 10.5 Å². The van der Waals surface area contributed by atoms with Gasteiger partial charge < -0.3 is 14.4 Å². The number of nitrogens with zero attached hydrogens (tertiary/aromatic N) is 5. The van der Waals surface area contributed by atoms with Crippen LogP contribution in [0.2, 0.25) is 0 Å². The number of hydrogen-bond donors (Lipinski definition) is 0. The lowest BCUT2D eigenvalue weighted by atomic mass is 10.3. The van der Waals surface area contributed by atoms with Crippen LogP contribution in [0.3, 0.4) is 0 Å². The fraction of sp³-hybridized carbons (Fsp3) is 0.471. The Hall–Kier alpha value is -2.30. The van der Waals surface area contributed by atoms with Gasteiger partial charge >= 0.3 is 0 Å². The molecule has 9 nitrogen and oxygen atoms in total. The molecule has 2 aliphatic rings. The molecule has 2 aliphatic heterocycles. The zero-order valence-corrected chi connectivity index (χ0v) is 15.6. The van der Waals surface area contributed by atoms with E-state index in [1.807, 2.05) is 0 Å². The van der Waals surface area contributed by atoms with Gasteiger partial charge in [0.25, 0.3) is 5.88 Å². The molecule has 2 fully saturated rings. The molecule has 1 unspecified atom stereocenters. The van der Waals surface area contributed by atoms with Gasteiger partial charge in [0, 0.05) is 44.4 Å². The maximum absolute atomic E-state index is 12.7. The van der Waals surface area contributed by atoms with Gasteiger partial charge in [0.05, 0.1) is 19.8 Å². The van der Waals surface area contributed by atoms with Gasteiger partial charge in [-0.15, -0.1) is 0 Å². The molecule has 4 heterocycles. The molecule has 0 spiro atoms. The Bertz CT molecular complexity index is 874. The molecule has 0 N–H and O–H groups in total. The molecule has 0 radical (unpaired) electrons. The number of aromatic nitrogens is 3. The molecular formula is C17H21N5O4S. The van der Waals surface area contributed by atoms with Crippen LogP contribution in [-0.4, -0.2) is 73.2 Å². The van der Waals surface area contributed by atoms with Crippen LogP contribution < -0.4 is 9.64 Å². The highest BCUT2D eigenvalue weighted by molar-refractivity contribution is 7.89. The van der Waals surface area contributed by atoms with Gasteiger partial charge in [0.2, 0.25) is 10.0 Å². The third-order valence-electron chi connectivity index (χ3n) is 4.62. The first-order valence-electron chi connectivity index (χ1n) is 8.85. The number of sulfonamides is 1.